The fraction of sp³-hybridized carbons (Fsp3) is 0.480. The van der Waals surface area contributed by atoms with Gasteiger partial charge in [0.25, 0.3) is 5.91 Å². The molecule has 1 aliphatic heterocycles. The van der Waals surface area contributed by atoms with Crippen LogP contribution in [0.1, 0.15) is 16.7 Å². The van der Waals surface area contributed by atoms with E-state index in [4.69, 9.17) is 68.2 Å². The van der Waals surface area contributed by atoms with E-state index in [0.717, 1.165) is 12.1 Å². The minimum absolute atomic E-state index is 0.0222. The summed E-state index contributed by atoms with van der Waals surface area (Å²) in [6, 6.07) is 5.56. The summed E-state index contributed by atoms with van der Waals surface area (Å²) in [5.74, 6) is -1.54. The molecule has 0 aromatic heterocycles. The molecule has 0 radical (unpaired) electrons. The van der Waals surface area contributed by atoms with Crippen molar-refractivity contribution < 1.29 is 76.6 Å². The second-order valence-electron chi connectivity index (χ2n) is 9.89. The summed E-state index contributed by atoms with van der Waals surface area (Å²) in [6.07, 6.45) is -4.82. The number of methoxy groups -OCH3 is 1. The lowest BCUT2D eigenvalue weighted by Gasteiger charge is -2.23. The van der Waals surface area contributed by atoms with Crippen molar-refractivity contribution in [1.82, 2.24) is 0 Å². The van der Waals surface area contributed by atoms with Crippen LogP contribution in [-0.2, 0) is 25.7 Å². The zero-order valence-electron chi connectivity index (χ0n) is 24.1. The number of alkyl halides is 4. The number of hydrogen-bond acceptors (Lipinski definition) is 12. The van der Waals surface area contributed by atoms with Crippen LogP contribution in [0.5, 0.6) is 5.75 Å². The normalized spacial score (nSPS) is 16.7. The molecule has 0 aliphatic carbocycles. The molecule has 0 bridgehead atoms. The molecule has 1 amide bonds. The molecule has 0 saturated heterocycles. The Morgan fingerprint density at radius 3 is 1.72 bits per heavy atom. The van der Waals surface area contributed by atoms with Gasteiger partial charge in [-0.25, -0.2) is 8.96 Å². The molecule has 1 aliphatic rings. The SMILES string of the molecule is COc1ccc(Cl)cc1[C@]1(F)C(=O)N(COP(=O)(O)O)c2cc(C(F)(F)F)ccc21.NC(CO)(CO)CO.NC(CO)(CO)CO. The minimum atomic E-state index is -5.12. The van der Waals surface area contributed by atoms with Gasteiger partial charge in [0.2, 0.25) is 5.67 Å². The third-order valence-corrected chi connectivity index (χ3v) is 6.99. The van der Waals surface area contributed by atoms with Gasteiger partial charge in [-0.3, -0.25) is 14.2 Å². The maximum Gasteiger partial charge on any atom is 0.471 e. The van der Waals surface area contributed by atoms with Crippen LogP contribution in [0.25, 0.3) is 0 Å². The predicted molar refractivity (Wildman–Crippen MR) is 153 cm³/mol. The Bertz CT molecular complexity index is 1330. The number of benzene rings is 2. The highest BCUT2D eigenvalue weighted by Crippen LogP contribution is 2.52. The van der Waals surface area contributed by atoms with Gasteiger partial charge in [0, 0.05) is 16.1 Å². The fourth-order valence-corrected chi connectivity index (χ4v) is 3.84. The van der Waals surface area contributed by atoms with Crippen LogP contribution in [0.15, 0.2) is 36.4 Å². The summed E-state index contributed by atoms with van der Waals surface area (Å²) in [6.45, 7) is -3.61. The van der Waals surface area contributed by atoms with E-state index in [0.29, 0.717) is 17.0 Å². The van der Waals surface area contributed by atoms with Crippen LogP contribution >= 0.6 is 19.4 Å². The molecule has 1 atom stereocenters. The first-order chi connectivity index (χ1) is 21.1. The maximum atomic E-state index is 16.3. The lowest BCUT2D eigenvalue weighted by Crippen LogP contribution is -2.50. The van der Waals surface area contributed by atoms with Crippen molar-refractivity contribution in [3.8, 4) is 5.75 Å². The predicted octanol–water partition coefficient (Wildman–Crippen LogP) is -0.685. The van der Waals surface area contributed by atoms with Gasteiger partial charge in [0.05, 0.1) is 69.1 Å². The van der Waals surface area contributed by atoms with E-state index >= 15 is 4.39 Å². The quantitative estimate of drug-likeness (QED) is 0.102. The molecule has 21 heteroatoms. The number of anilines is 1. The zero-order chi connectivity index (χ0) is 35.7. The molecule has 0 spiro atoms. The smallest absolute Gasteiger partial charge is 0.471 e. The number of fused-ring (bicyclic) bond motifs is 1. The van der Waals surface area contributed by atoms with E-state index in [1.165, 1.54) is 19.2 Å². The standard InChI is InChI=1S/C17H13ClF4NO6P.2C4H11NO3/c1-28-14-5-3-10(18)7-12(14)16(19)11-4-2-9(17(20,21)22)6-13(11)23(15(16)24)8-29-30(25,26)27;2*5-4(1-6,2-7)3-8/h2-7H,8H2,1H3,(H2,25,26,27);2*6-8H,1-3,5H2/t16-;;/m0../s1. The number of carbonyl (C=O) groups excluding carboxylic acids is 1. The third-order valence-electron chi connectivity index (χ3n) is 6.30. The number of nitrogens with zero attached hydrogens (tertiary/aromatic N) is 1. The molecule has 1 heterocycles. The summed E-state index contributed by atoms with van der Waals surface area (Å²) in [4.78, 5) is 31.2. The Hall–Kier alpha value is -2.49. The van der Waals surface area contributed by atoms with Crippen molar-refractivity contribution in [2.24, 2.45) is 11.5 Å². The molecule has 0 unspecified atom stereocenters. The monoisotopic (exact) mass is 711 g/mol. The molecule has 262 valence electrons. The van der Waals surface area contributed by atoms with Crippen molar-refractivity contribution in [3.63, 3.8) is 0 Å². The first kappa shape index (κ1) is 41.5. The highest BCUT2D eigenvalue weighted by atomic mass is 35.5. The van der Waals surface area contributed by atoms with Gasteiger partial charge < -0.3 is 56.6 Å². The Labute approximate surface area is 264 Å². The average Bonchev–Trinajstić information content (AvgIpc) is 3.24. The molecule has 2 aromatic rings. The van der Waals surface area contributed by atoms with Crippen LogP contribution in [-0.4, -0.2) is 111 Å². The molecule has 0 fully saturated rings. The molecular formula is C25H35ClF4N3O12P. The van der Waals surface area contributed by atoms with E-state index in [-0.39, 0.29) is 16.3 Å². The van der Waals surface area contributed by atoms with E-state index in [9.17, 15) is 22.5 Å². The van der Waals surface area contributed by atoms with Gasteiger partial charge >= 0.3 is 14.0 Å². The first-order valence-electron chi connectivity index (χ1n) is 12.7. The first-order valence-corrected chi connectivity index (χ1v) is 14.6. The lowest BCUT2D eigenvalue weighted by molar-refractivity contribution is -0.137. The van der Waals surface area contributed by atoms with E-state index in [2.05, 4.69) is 4.52 Å². The van der Waals surface area contributed by atoms with Crippen molar-refractivity contribution >= 4 is 31.0 Å². The number of rotatable bonds is 11. The van der Waals surface area contributed by atoms with Crippen LogP contribution in [0.4, 0.5) is 23.2 Å². The van der Waals surface area contributed by atoms with Gasteiger partial charge in [-0.05, 0) is 30.3 Å². The number of carbonyl (C=O) groups is 1. The second-order valence-corrected chi connectivity index (χ2v) is 11.6. The van der Waals surface area contributed by atoms with Gasteiger partial charge in [-0.15, -0.1) is 0 Å². The molecule has 0 saturated carbocycles. The molecule has 46 heavy (non-hydrogen) atoms. The molecular weight excluding hydrogens is 677 g/mol. The van der Waals surface area contributed by atoms with Crippen molar-refractivity contribution in [1.29, 1.82) is 0 Å². The average molecular weight is 712 g/mol. The number of phosphoric ester groups is 1. The largest absolute Gasteiger partial charge is 0.496 e. The van der Waals surface area contributed by atoms with Gasteiger partial charge in [0.15, 0.2) is 0 Å². The highest BCUT2D eigenvalue weighted by molar-refractivity contribution is 7.46. The highest BCUT2D eigenvalue weighted by Gasteiger charge is 2.55. The van der Waals surface area contributed by atoms with Gasteiger partial charge in [0.1, 0.15) is 12.5 Å². The molecule has 2 aromatic carbocycles. The van der Waals surface area contributed by atoms with E-state index in [1.807, 2.05) is 0 Å². The van der Waals surface area contributed by atoms with E-state index in [1.54, 1.807) is 0 Å². The number of amides is 1. The summed E-state index contributed by atoms with van der Waals surface area (Å²) in [7, 11) is -3.93. The second kappa shape index (κ2) is 16.6. The van der Waals surface area contributed by atoms with Crippen LogP contribution in [0.2, 0.25) is 5.02 Å². The molecule has 3 rings (SSSR count). The number of hydrogen-bond donors (Lipinski definition) is 10. The van der Waals surface area contributed by atoms with Crippen LogP contribution < -0.4 is 21.1 Å². The Balaban J connectivity index is 0.000000545. The Morgan fingerprint density at radius 2 is 1.35 bits per heavy atom. The third kappa shape index (κ3) is 10.3. The summed E-state index contributed by atoms with van der Waals surface area (Å²) in [5.41, 5.74) is 2.19. The Kier molecular flexibility index (Phi) is 15.0. The van der Waals surface area contributed by atoms with Crippen LogP contribution in [0, 0.1) is 0 Å². The number of aliphatic hydroxyl groups is 6. The zero-order valence-corrected chi connectivity index (χ0v) is 25.7. The molecule has 12 N–H and O–H groups in total. The maximum absolute atomic E-state index is 16.3. The van der Waals surface area contributed by atoms with Gasteiger partial charge in [-0.1, -0.05) is 17.7 Å². The number of aliphatic hydroxyl groups excluding tert-OH is 6. The topological polar surface area (TPSA) is 270 Å². The number of halogens is 5. The van der Waals surface area contributed by atoms with Crippen molar-refractivity contribution in [2.75, 3.05) is 58.4 Å². The fourth-order valence-electron chi connectivity index (χ4n) is 3.40. The van der Waals surface area contributed by atoms with Crippen LogP contribution in [0.3, 0.4) is 0 Å². The Morgan fingerprint density at radius 1 is 0.870 bits per heavy atom. The summed E-state index contributed by atoms with van der Waals surface area (Å²) in [5, 5.41) is 50.1. The van der Waals surface area contributed by atoms with Crippen molar-refractivity contribution in [3.05, 3.63) is 58.1 Å². The van der Waals surface area contributed by atoms with Crippen molar-refractivity contribution in [2.45, 2.75) is 22.9 Å². The summed E-state index contributed by atoms with van der Waals surface area (Å²) >= 11 is 5.91. The lowest BCUT2D eigenvalue weighted by atomic mass is 9.88. The van der Waals surface area contributed by atoms with Gasteiger partial charge in [-0.2, -0.15) is 13.2 Å². The molecule has 15 nitrogen and oxygen atoms in total. The summed E-state index contributed by atoms with van der Waals surface area (Å²) < 4.78 is 76.1. The minimum Gasteiger partial charge on any atom is -0.496 e. The van der Waals surface area contributed by atoms with E-state index < -0.39 is 99.8 Å². The number of ether oxygens (including phenoxy) is 1. The number of phosphoric acid groups is 1. The number of nitrogens with two attached hydrogens (primary N) is 2.